The number of ether oxygens (including phenoxy) is 4. The highest BCUT2D eigenvalue weighted by Crippen LogP contribution is 2.39. The molecular formula is C20H23NO5. The van der Waals surface area contributed by atoms with E-state index in [1.54, 1.807) is 51.5 Å². The van der Waals surface area contributed by atoms with E-state index < -0.39 is 0 Å². The molecule has 1 aliphatic heterocycles. The summed E-state index contributed by atoms with van der Waals surface area (Å²) < 4.78 is 21.4. The number of anilines is 1. The summed E-state index contributed by atoms with van der Waals surface area (Å²) in [5, 5.41) is 0. The van der Waals surface area contributed by atoms with Crippen molar-refractivity contribution in [3.8, 4) is 23.0 Å². The van der Waals surface area contributed by atoms with Gasteiger partial charge in [0.05, 0.1) is 34.1 Å². The molecule has 1 amide bonds. The Labute approximate surface area is 153 Å². The van der Waals surface area contributed by atoms with Gasteiger partial charge in [0.15, 0.2) is 0 Å². The smallest absolute Gasteiger partial charge is 0.258 e. The minimum atomic E-state index is -0.113. The number of hydrogen-bond donors (Lipinski definition) is 0. The molecule has 0 aromatic heterocycles. The Balaban J connectivity index is 2.05. The monoisotopic (exact) mass is 357 g/mol. The van der Waals surface area contributed by atoms with Gasteiger partial charge in [-0.2, -0.15) is 0 Å². The third-order valence-electron chi connectivity index (χ3n) is 4.56. The number of hydrogen-bond acceptors (Lipinski definition) is 5. The van der Waals surface area contributed by atoms with Crippen molar-refractivity contribution in [1.82, 2.24) is 0 Å². The fourth-order valence-electron chi connectivity index (χ4n) is 3.23. The fraction of sp³-hybridized carbons (Fsp3) is 0.350. The molecule has 3 rings (SSSR count). The number of rotatable bonds is 5. The van der Waals surface area contributed by atoms with Crippen molar-refractivity contribution < 1.29 is 23.7 Å². The SMILES string of the molecule is COc1cc(OC)cc(C(=O)N2CCCc3c(OC)cc(OC)cc32)c1. The zero-order chi connectivity index (χ0) is 18.7. The second-order valence-corrected chi connectivity index (χ2v) is 5.99. The van der Waals surface area contributed by atoms with Gasteiger partial charge < -0.3 is 23.8 Å². The molecule has 0 atom stereocenters. The zero-order valence-electron chi connectivity index (χ0n) is 15.5. The van der Waals surface area contributed by atoms with Crippen molar-refractivity contribution in [3.63, 3.8) is 0 Å². The number of carbonyl (C=O) groups excluding carboxylic acids is 1. The maximum Gasteiger partial charge on any atom is 0.258 e. The fourth-order valence-corrected chi connectivity index (χ4v) is 3.23. The van der Waals surface area contributed by atoms with E-state index in [1.807, 2.05) is 12.1 Å². The highest BCUT2D eigenvalue weighted by molar-refractivity contribution is 6.07. The number of amides is 1. The summed E-state index contributed by atoms with van der Waals surface area (Å²) in [6.45, 7) is 0.627. The van der Waals surface area contributed by atoms with E-state index in [9.17, 15) is 4.79 Å². The summed E-state index contributed by atoms with van der Waals surface area (Å²) in [5.74, 6) is 2.43. The Morgan fingerprint density at radius 3 is 2.04 bits per heavy atom. The number of carbonyl (C=O) groups is 1. The maximum absolute atomic E-state index is 13.2. The van der Waals surface area contributed by atoms with E-state index in [4.69, 9.17) is 18.9 Å². The lowest BCUT2D eigenvalue weighted by Gasteiger charge is -2.31. The van der Waals surface area contributed by atoms with Crippen LogP contribution in [0.4, 0.5) is 5.69 Å². The van der Waals surface area contributed by atoms with Crippen LogP contribution in [0.15, 0.2) is 30.3 Å². The summed E-state index contributed by atoms with van der Waals surface area (Å²) in [6.07, 6.45) is 1.72. The molecule has 2 aromatic rings. The molecule has 6 heteroatoms. The molecule has 0 bridgehead atoms. The zero-order valence-corrected chi connectivity index (χ0v) is 15.5. The highest BCUT2D eigenvalue weighted by Gasteiger charge is 2.27. The Hall–Kier alpha value is -2.89. The molecule has 0 aliphatic carbocycles. The topological polar surface area (TPSA) is 57.2 Å². The summed E-state index contributed by atoms with van der Waals surface area (Å²) in [5.41, 5.74) is 2.35. The van der Waals surface area contributed by atoms with Gasteiger partial charge in [-0.15, -0.1) is 0 Å². The summed E-state index contributed by atoms with van der Waals surface area (Å²) in [6, 6.07) is 8.91. The number of benzene rings is 2. The van der Waals surface area contributed by atoms with Crippen LogP contribution in [0.2, 0.25) is 0 Å². The van der Waals surface area contributed by atoms with Gasteiger partial charge >= 0.3 is 0 Å². The number of fused-ring (bicyclic) bond motifs is 1. The Bertz CT molecular complexity index is 796. The molecular weight excluding hydrogens is 334 g/mol. The van der Waals surface area contributed by atoms with Gasteiger partial charge in [-0.05, 0) is 25.0 Å². The van der Waals surface area contributed by atoms with Gasteiger partial charge in [0.1, 0.15) is 23.0 Å². The molecule has 0 saturated heterocycles. The molecule has 6 nitrogen and oxygen atoms in total. The minimum Gasteiger partial charge on any atom is -0.497 e. The molecule has 1 heterocycles. The van der Waals surface area contributed by atoms with Gasteiger partial charge in [-0.25, -0.2) is 0 Å². The van der Waals surface area contributed by atoms with Crippen molar-refractivity contribution in [1.29, 1.82) is 0 Å². The van der Waals surface area contributed by atoms with Crippen LogP contribution >= 0.6 is 0 Å². The van der Waals surface area contributed by atoms with Crippen LogP contribution < -0.4 is 23.8 Å². The predicted molar refractivity (Wildman–Crippen MR) is 99.1 cm³/mol. The van der Waals surface area contributed by atoms with Crippen LogP contribution in [-0.4, -0.2) is 40.9 Å². The average molecular weight is 357 g/mol. The Morgan fingerprint density at radius 1 is 0.846 bits per heavy atom. The Morgan fingerprint density at radius 2 is 1.46 bits per heavy atom. The van der Waals surface area contributed by atoms with Gasteiger partial charge in [-0.3, -0.25) is 4.79 Å². The first-order chi connectivity index (χ1) is 12.6. The van der Waals surface area contributed by atoms with Gasteiger partial charge in [0.25, 0.3) is 5.91 Å². The molecule has 26 heavy (non-hydrogen) atoms. The van der Waals surface area contributed by atoms with Gasteiger partial charge in [-0.1, -0.05) is 0 Å². The Kier molecular flexibility index (Phi) is 5.21. The third-order valence-corrected chi connectivity index (χ3v) is 4.56. The van der Waals surface area contributed by atoms with Crippen molar-refractivity contribution in [2.45, 2.75) is 12.8 Å². The first kappa shape index (κ1) is 17.9. The molecule has 0 saturated carbocycles. The van der Waals surface area contributed by atoms with Gasteiger partial charge in [0, 0.05) is 35.9 Å². The lowest BCUT2D eigenvalue weighted by atomic mass is 9.99. The third kappa shape index (κ3) is 3.27. The molecule has 0 spiro atoms. The predicted octanol–water partition coefficient (Wildman–Crippen LogP) is 3.31. The largest absolute Gasteiger partial charge is 0.497 e. The average Bonchev–Trinajstić information content (AvgIpc) is 2.71. The van der Waals surface area contributed by atoms with Crippen LogP contribution in [0.25, 0.3) is 0 Å². The normalized spacial score (nSPS) is 13.0. The molecule has 138 valence electrons. The van der Waals surface area contributed by atoms with E-state index in [-0.39, 0.29) is 5.91 Å². The summed E-state index contributed by atoms with van der Waals surface area (Å²) in [7, 11) is 6.36. The molecule has 0 N–H and O–H groups in total. The molecule has 0 unspecified atom stereocenters. The molecule has 0 fully saturated rings. The van der Waals surface area contributed by atoms with Crippen LogP contribution in [0.5, 0.6) is 23.0 Å². The number of nitrogens with zero attached hydrogens (tertiary/aromatic N) is 1. The van der Waals surface area contributed by atoms with Crippen molar-refractivity contribution in [3.05, 3.63) is 41.5 Å². The van der Waals surface area contributed by atoms with E-state index in [0.717, 1.165) is 29.8 Å². The summed E-state index contributed by atoms with van der Waals surface area (Å²) in [4.78, 5) is 15.0. The second-order valence-electron chi connectivity index (χ2n) is 5.99. The van der Waals surface area contributed by atoms with E-state index in [1.165, 1.54) is 0 Å². The van der Waals surface area contributed by atoms with Crippen LogP contribution in [-0.2, 0) is 6.42 Å². The van der Waals surface area contributed by atoms with Gasteiger partial charge in [0.2, 0.25) is 0 Å². The summed E-state index contributed by atoms with van der Waals surface area (Å²) >= 11 is 0. The second kappa shape index (κ2) is 7.56. The lowest BCUT2D eigenvalue weighted by Crippen LogP contribution is -2.35. The molecule has 1 aliphatic rings. The van der Waals surface area contributed by atoms with E-state index in [0.29, 0.717) is 29.4 Å². The quantitative estimate of drug-likeness (QED) is 0.822. The van der Waals surface area contributed by atoms with E-state index >= 15 is 0 Å². The number of methoxy groups -OCH3 is 4. The van der Waals surface area contributed by atoms with Crippen molar-refractivity contribution >= 4 is 11.6 Å². The molecule has 0 radical (unpaired) electrons. The first-order valence-corrected chi connectivity index (χ1v) is 8.41. The van der Waals surface area contributed by atoms with Crippen molar-refractivity contribution in [2.75, 3.05) is 39.9 Å². The van der Waals surface area contributed by atoms with Crippen LogP contribution in [0.1, 0.15) is 22.3 Å². The minimum absolute atomic E-state index is 0.113. The van der Waals surface area contributed by atoms with Crippen LogP contribution in [0, 0.1) is 0 Å². The standard InChI is InChI=1S/C20H23NO5/c1-23-14-8-13(9-15(10-14)24-2)20(22)21-7-5-6-17-18(21)11-16(25-3)12-19(17)26-4/h8-12H,5-7H2,1-4H3. The van der Waals surface area contributed by atoms with E-state index in [2.05, 4.69) is 0 Å². The van der Waals surface area contributed by atoms with Crippen molar-refractivity contribution in [2.24, 2.45) is 0 Å². The van der Waals surface area contributed by atoms with Crippen LogP contribution in [0.3, 0.4) is 0 Å². The lowest BCUT2D eigenvalue weighted by molar-refractivity contribution is 0.0984. The maximum atomic E-state index is 13.2. The first-order valence-electron chi connectivity index (χ1n) is 8.41. The highest BCUT2D eigenvalue weighted by atomic mass is 16.5. The molecule has 2 aromatic carbocycles.